The van der Waals surface area contributed by atoms with Crippen molar-refractivity contribution in [2.24, 2.45) is 0 Å². The molecule has 0 saturated carbocycles. The van der Waals surface area contributed by atoms with Crippen molar-refractivity contribution in [3.63, 3.8) is 0 Å². The van der Waals surface area contributed by atoms with Gasteiger partial charge in [0.1, 0.15) is 11.5 Å². The number of aliphatic hydroxyl groups excluding tert-OH is 1. The standard InChI is InChI=1S/C29H20ClF6N3O6S/c1-13-39-25(15-4-6-22-23(9-15)45-29(35,36)44-22)26(43-13)17-7-14(3-5-21(17)38-11-19(30)27(37)28(32,33)34)16-8-20(31)18(12-40)24(10-16)46(2,41)42/h3-11,37-38,40H,12H2,1-2H3/b19-11+,37-27?. The quantitative estimate of drug-likeness (QED) is 0.129. The summed E-state index contributed by atoms with van der Waals surface area (Å²) < 4.78 is 121. The Morgan fingerprint density at radius 2 is 1.74 bits per heavy atom. The topological polar surface area (TPSA) is 135 Å². The first-order valence-electron chi connectivity index (χ1n) is 12.8. The molecule has 0 amide bonds. The molecule has 2 heterocycles. The van der Waals surface area contributed by atoms with Crippen molar-refractivity contribution in [3.8, 4) is 45.2 Å². The molecule has 5 rings (SSSR count). The maximum atomic E-state index is 15.0. The van der Waals surface area contributed by atoms with Crippen LogP contribution in [0.25, 0.3) is 33.7 Å². The number of sulfone groups is 1. The summed E-state index contributed by atoms with van der Waals surface area (Å²) in [5.74, 6) is -1.54. The highest BCUT2D eigenvalue weighted by molar-refractivity contribution is 7.90. The summed E-state index contributed by atoms with van der Waals surface area (Å²) in [4.78, 5) is 3.86. The zero-order chi connectivity index (χ0) is 33.8. The average Bonchev–Trinajstić information content (AvgIpc) is 3.50. The second-order valence-corrected chi connectivity index (χ2v) is 12.3. The Hall–Kier alpha value is -4.54. The van der Waals surface area contributed by atoms with E-state index in [2.05, 4.69) is 19.8 Å². The molecule has 242 valence electrons. The smallest absolute Gasteiger partial charge is 0.440 e. The van der Waals surface area contributed by atoms with E-state index >= 15 is 0 Å². The fourth-order valence-electron chi connectivity index (χ4n) is 4.55. The number of hydrogen-bond donors (Lipinski definition) is 3. The molecule has 0 bridgehead atoms. The molecule has 1 aromatic heterocycles. The Kier molecular flexibility index (Phi) is 8.33. The molecule has 46 heavy (non-hydrogen) atoms. The summed E-state index contributed by atoms with van der Waals surface area (Å²) in [5.41, 5.74) is -1.67. The summed E-state index contributed by atoms with van der Waals surface area (Å²) in [6.45, 7) is 0.568. The van der Waals surface area contributed by atoms with E-state index in [0.717, 1.165) is 18.4 Å². The van der Waals surface area contributed by atoms with E-state index in [9.17, 15) is 39.9 Å². The van der Waals surface area contributed by atoms with Crippen LogP contribution in [-0.4, -0.2) is 42.9 Å². The van der Waals surface area contributed by atoms with Crippen LogP contribution in [0.15, 0.2) is 69.1 Å². The van der Waals surface area contributed by atoms with Crippen molar-refractivity contribution >= 4 is 32.8 Å². The summed E-state index contributed by atoms with van der Waals surface area (Å²) in [5, 5.41) is 18.4. The Morgan fingerprint density at radius 1 is 1.07 bits per heavy atom. The zero-order valence-electron chi connectivity index (χ0n) is 23.4. The van der Waals surface area contributed by atoms with Gasteiger partial charge in [-0.05, 0) is 53.6 Å². The van der Waals surface area contributed by atoms with Gasteiger partial charge in [0, 0.05) is 41.8 Å². The van der Waals surface area contributed by atoms with Gasteiger partial charge in [-0.3, -0.25) is 5.41 Å². The van der Waals surface area contributed by atoms with Gasteiger partial charge < -0.3 is 24.3 Å². The minimum Gasteiger partial charge on any atom is -0.440 e. The van der Waals surface area contributed by atoms with Crippen molar-refractivity contribution < 1.29 is 53.8 Å². The van der Waals surface area contributed by atoms with Gasteiger partial charge in [-0.1, -0.05) is 17.7 Å². The zero-order valence-corrected chi connectivity index (χ0v) is 25.0. The average molecular weight is 688 g/mol. The number of ether oxygens (including phenoxy) is 2. The largest absolute Gasteiger partial charge is 0.586 e. The molecule has 1 aliphatic heterocycles. The van der Waals surface area contributed by atoms with Crippen LogP contribution in [0.4, 0.5) is 32.0 Å². The molecule has 0 spiro atoms. The van der Waals surface area contributed by atoms with Crippen molar-refractivity contribution in [2.45, 2.75) is 30.9 Å². The maximum absolute atomic E-state index is 15.0. The normalized spacial score (nSPS) is 14.4. The molecule has 9 nitrogen and oxygen atoms in total. The maximum Gasteiger partial charge on any atom is 0.586 e. The van der Waals surface area contributed by atoms with Crippen molar-refractivity contribution in [3.05, 3.63) is 77.0 Å². The lowest BCUT2D eigenvalue weighted by atomic mass is 9.97. The first-order valence-corrected chi connectivity index (χ1v) is 15.1. The van der Waals surface area contributed by atoms with Gasteiger partial charge in [0.05, 0.1) is 16.5 Å². The Bertz CT molecular complexity index is 2030. The third-order valence-electron chi connectivity index (χ3n) is 6.60. The van der Waals surface area contributed by atoms with E-state index in [1.807, 2.05) is 0 Å². The number of aliphatic hydroxyl groups is 1. The summed E-state index contributed by atoms with van der Waals surface area (Å²) in [7, 11) is -4.01. The van der Waals surface area contributed by atoms with Crippen LogP contribution >= 0.6 is 11.6 Å². The number of nitrogens with one attached hydrogen (secondary N) is 2. The number of rotatable bonds is 8. The van der Waals surface area contributed by atoms with Gasteiger partial charge in [-0.2, -0.15) is 13.2 Å². The molecule has 4 aromatic rings. The molecule has 0 fully saturated rings. The number of halogens is 7. The number of aromatic nitrogens is 1. The predicted octanol–water partition coefficient (Wildman–Crippen LogP) is 7.41. The van der Waals surface area contributed by atoms with Gasteiger partial charge >= 0.3 is 12.5 Å². The number of aryl methyl sites for hydroxylation is 1. The van der Waals surface area contributed by atoms with Gasteiger partial charge in [-0.15, -0.1) is 8.78 Å². The fourth-order valence-corrected chi connectivity index (χ4v) is 5.66. The van der Waals surface area contributed by atoms with Gasteiger partial charge in [0.2, 0.25) is 0 Å². The Morgan fingerprint density at radius 3 is 2.39 bits per heavy atom. The van der Waals surface area contributed by atoms with E-state index < -0.39 is 55.9 Å². The number of benzene rings is 3. The summed E-state index contributed by atoms with van der Waals surface area (Å²) in [6, 6.07) is 10.0. The Labute approximate surface area is 261 Å². The molecule has 1 aliphatic rings. The predicted molar refractivity (Wildman–Crippen MR) is 154 cm³/mol. The van der Waals surface area contributed by atoms with Crippen molar-refractivity contribution in [2.75, 3.05) is 11.6 Å². The second-order valence-electron chi connectivity index (χ2n) is 9.87. The number of nitrogens with zero attached hydrogens (tertiary/aromatic N) is 1. The van der Waals surface area contributed by atoms with Crippen molar-refractivity contribution in [1.29, 1.82) is 5.41 Å². The first-order chi connectivity index (χ1) is 21.4. The SMILES string of the molecule is Cc1nc(-c2ccc3c(c2)OC(F)(F)O3)c(-c2cc(-c3cc(F)c(CO)c(S(C)(=O)=O)c3)ccc2N/C=C(/Cl)C(=N)C(F)(F)F)o1. The highest BCUT2D eigenvalue weighted by Gasteiger charge is 2.43. The molecule has 0 saturated heterocycles. The fraction of sp³-hybridized carbons (Fsp3) is 0.172. The first kappa shape index (κ1) is 32.8. The lowest BCUT2D eigenvalue weighted by Gasteiger charge is -2.15. The van der Waals surface area contributed by atoms with Crippen LogP contribution < -0.4 is 14.8 Å². The molecular weight excluding hydrogens is 668 g/mol. The number of fused-ring (bicyclic) bond motifs is 1. The van der Waals surface area contributed by atoms with Crippen LogP contribution in [0, 0.1) is 18.2 Å². The number of allylic oxidation sites excluding steroid dienone is 1. The molecule has 17 heteroatoms. The second kappa shape index (κ2) is 11.7. The lowest BCUT2D eigenvalue weighted by Crippen LogP contribution is -2.25. The Balaban J connectivity index is 1.69. The molecule has 0 aliphatic carbocycles. The minimum atomic E-state index is -5.05. The van der Waals surface area contributed by atoms with Crippen LogP contribution in [0.1, 0.15) is 11.5 Å². The number of alkyl halides is 5. The molecular formula is C29H20ClF6N3O6S. The highest BCUT2D eigenvalue weighted by Crippen LogP contribution is 2.45. The highest BCUT2D eigenvalue weighted by atomic mass is 35.5. The number of hydrogen-bond acceptors (Lipinski definition) is 9. The number of oxazole rings is 1. The van der Waals surface area contributed by atoms with E-state index in [-0.39, 0.29) is 56.8 Å². The minimum absolute atomic E-state index is 0.0392. The van der Waals surface area contributed by atoms with Crippen LogP contribution in [0.2, 0.25) is 0 Å². The van der Waals surface area contributed by atoms with Crippen LogP contribution in [0.3, 0.4) is 0 Å². The third-order valence-corrected chi connectivity index (χ3v) is 8.06. The molecule has 3 aromatic carbocycles. The van der Waals surface area contributed by atoms with Gasteiger partial charge in [-0.25, -0.2) is 17.8 Å². The van der Waals surface area contributed by atoms with Gasteiger partial charge in [0.25, 0.3) is 0 Å². The van der Waals surface area contributed by atoms with E-state index in [1.165, 1.54) is 43.3 Å². The van der Waals surface area contributed by atoms with E-state index in [0.29, 0.717) is 6.20 Å². The molecule has 3 N–H and O–H groups in total. The molecule has 0 atom stereocenters. The summed E-state index contributed by atoms with van der Waals surface area (Å²) in [6.07, 6.45) is -7.41. The van der Waals surface area contributed by atoms with Crippen LogP contribution in [0.5, 0.6) is 11.5 Å². The van der Waals surface area contributed by atoms with Crippen molar-refractivity contribution in [1.82, 2.24) is 4.98 Å². The van der Waals surface area contributed by atoms with E-state index in [4.69, 9.17) is 21.4 Å². The molecule has 0 unspecified atom stereocenters. The van der Waals surface area contributed by atoms with Gasteiger partial charge in [0.15, 0.2) is 38.7 Å². The third kappa shape index (κ3) is 6.54. The monoisotopic (exact) mass is 687 g/mol. The van der Waals surface area contributed by atoms with Crippen LogP contribution in [-0.2, 0) is 16.4 Å². The lowest BCUT2D eigenvalue weighted by molar-refractivity contribution is -0.286. The number of anilines is 1. The summed E-state index contributed by atoms with van der Waals surface area (Å²) >= 11 is 5.72. The van der Waals surface area contributed by atoms with E-state index in [1.54, 1.807) is 0 Å². The molecule has 0 radical (unpaired) electrons.